The highest BCUT2D eigenvalue weighted by Gasteiger charge is 2.21. The van der Waals surface area contributed by atoms with Crippen LogP contribution in [-0.4, -0.2) is 28.8 Å². The molecule has 1 aromatic rings. The van der Waals surface area contributed by atoms with Crippen molar-refractivity contribution in [2.45, 2.75) is 25.8 Å². The zero-order chi connectivity index (χ0) is 15.4. The van der Waals surface area contributed by atoms with Crippen molar-refractivity contribution in [1.29, 1.82) is 0 Å². The fourth-order valence-corrected chi connectivity index (χ4v) is 2.72. The molecule has 1 amide bonds. The van der Waals surface area contributed by atoms with Crippen LogP contribution in [0.1, 0.15) is 24.8 Å². The molecule has 4 N–H and O–H groups in total. The van der Waals surface area contributed by atoms with Crippen molar-refractivity contribution < 1.29 is 9.72 Å². The van der Waals surface area contributed by atoms with Gasteiger partial charge in [0.2, 0.25) is 5.91 Å². The number of nitrogen functional groups attached to an aromatic ring is 1. The third kappa shape index (κ3) is 4.16. The maximum Gasteiger partial charge on any atom is 0.269 e. The topological polar surface area (TPSA) is 115 Å². The zero-order valence-electron chi connectivity index (χ0n) is 11.8. The SMILES string of the molecule is NC(=O)CC1CCN(Cc2cc([N+](=O)[O-])ccc2N)CC1. The molecule has 1 aliphatic rings. The van der Waals surface area contributed by atoms with Crippen LogP contribution >= 0.6 is 0 Å². The largest absolute Gasteiger partial charge is 0.398 e. The van der Waals surface area contributed by atoms with Gasteiger partial charge in [-0.3, -0.25) is 19.8 Å². The fraction of sp³-hybridized carbons (Fsp3) is 0.500. The van der Waals surface area contributed by atoms with Crippen molar-refractivity contribution in [1.82, 2.24) is 4.90 Å². The molecule has 0 radical (unpaired) electrons. The molecular formula is C14H20N4O3. The second kappa shape index (κ2) is 6.53. The molecule has 1 aromatic carbocycles. The number of hydrogen-bond acceptors (Lipinski definition) is 5. The molecule has 0 unspecified atom stereocenters. The number of nitro groups is 1. The van der Waals surface area contributed by atoms with E-state index in [-0.39, 0.29) is 11.6 Å². The minimum atomic E-state index is -0.415. The molecule has 1 saturated heterocycles. The first kappa shape index (κ1) is 15.2. The second-order valence-electron chi connectivity index (χ2n) is 5.53. The van der Waals surface area contributed by atoms with Crippen molar-refractivity contribution in [3.63, 3.8) is 0 Å². The molecule has 1 aliphatic heterocycles. The van der Waals surface area contributed by atoms with Crippen LogP contribution in [-0.2, 0) is 11.3 Å². The number of hydrogen-bond donors (Lipinski definition) is 2. The van der Waals surface area contributed by atoms with E-state index in [0.717, 1.165) is 31.5 Å². The van der Waals surface area contributed by atoms with Crippen LogP contribution in [0, 0.1) is 16.0 Å². The van der Waals surface area contributed by atoms with Crippen LogP contribution in [0.25, 0.3) is 0 Å². The summed E-state index contributed by atoms with van der Waals surface area (Å²) in [5.41, 5.74) is 12.5. The summed E-state index contributed by atoms with van der Waals surface area (Å²) in [6.45, 7) is 2.29. The van der Waals surface area contributed by atoms with Gasteiger partial charge in [0.15, 0.2) is 0 Å². The number of amides is 1. The Labute approximate surface area is 123 Å². The lowest BCUT2D eigenvalue weighted by molar-refractivity contribution is -0.384. The van der Waals surface area contributed by atoms with Crippen LogP contribution in [0.3, 0.4) is 0 Å². The first-order valence-electron chi connectivity index (χ1n) is 6.99. The molecule has 1 fully saturated rings. The van der Waals surface area contributed by atoms with Gasteiger partial charge >= 0.3 is 0 Å². The molecule has 0 aliphatic carbocycles. The summed E-state index contributed by atoms with van der Waals surface area (Å²) in [6.07, 6.45) is 2.27. The number of primary amides is 1. The molecule has 0 spiro atoms. The Balaban J connectivity index is 1.95. The summed E-state index contributed by atoms with van der Waals surface area (Å²) >= 11 is 0. The lowest BCUT2D eigenvalue weighted by Gasteiger charge is -2.31. The zero-order valence-corrected chi connectivity index (χ0v) is 11.8. The third-order valence-electron chi connectivity index (χ3n) is 3.93. The Kier molecular flexibility index (Phi) is 4.74. The number of nitro benzene ring substituents is 1. The second-order valence-corrected chi connectivity index (χ2v) is 5.53. The Bertz CT molecular complexity index is 539. The maximum absolute atomic E-state index is 10.9. The summed E-state index contributed by atoms with van der Waals surface area (Å²) in [5, 5.41) is 10.8. The fourth-order valence-electron chi connectivity index (χ4n) is 2.72. The van der Waals surface area contributed by atoms with Gasteiger partial charge in [-0.15, -0.1) is 0 Å². The van der Waals surface area contributed by atoms with Crippen LogP contribution in [0.2, 0.25) is 0 Å². The highest BCUT2D eigenvalue weighted by Crippen LogP contribution is 2.25. The van der Waals surface area contributed by atoms with Gasteiger partial charge in [-0.1, -0.05) is 0 Å². The lowest BCUT2D eigenvalue weighted by Crippen LogP contribution is -2.34. The molecule has 21 heavy (non-hydrogen) atoms. The summed E-state index contributed by atoms with van der Waals surface area (Å²) in [7, 11) is 0. The van der Waals surface area contributed by atoms with Crippen LogP contribution < -0.4 is 11.5 Å². The summed E-state index contributed by atoms with van der Waals surface area (Å²) in [6, 6.07) is 4.52. The molecule has 1 heterocycles. The summed E-state index contributed by atoms with van der Waals surface area (Å²) in [5.74, 6) is 0.0950. The van der Waals surface area contributed by atoms with Gasteiger partial charge in [0.05, 0.1) is 4.92 Å². The van der Waals surface area contributed by atoms with Crippen molar-refractivity contribution in [3.8, 4) is 0 Å². The molecule has 0 aromatic heterocycles. The Morgan fingerprint density at radius 3 is 2.62 bits per heavy atom. The Morgan fingerprint density at radius 1 is 1.38 bits per heavy atom. The average molecular weight is 292 g/mol. The summed E-state index contributed by atoms with van der Waals surface area (Å²) in [4.78, 5) is 23.5. The predicted octanol–water partition coefficient (Wildman–Crippen LogP) is 1.26. The molecule has 2 rings (SSSR count). The predicted molar refractivity (Wildman–Crippen MR) is 79.3 cm³/mol. The third-order valence-corrected chi connectivity index (χ3v) is 3.93. The van der Waals surface area contributed by atoms with E-state index in [4.69, 9.17) is 11.5 Å². The lowest BCUT2D eigenvalue weighted by atomic mass is 9.93. The quantitative estimate of drug-likeness (QED) is 0.481. The number of carbonyl (C=O) groups is 1. The van der Waals surface area contributed by atoms with Crippen molar-refractivity contribution in [3.05, 3.63) is 33.9 Å². The molecular weight excluding hydrogens is 272 g/mol. The van der Waals surface area contributed by atoms with Gasteiger partial charge in [0.1, 0.15) is 0 Å². The highest BCUT2D eigenvalue weighted by atomic mass is 16.6. The molecule has 7 nitrogen and oxygen atoms in total. The van der Waals surface area contributed by atoms with E-state index in [1.807, 2.05) is 0 Å². The Morgan fingerprint density at radius 2 is 2.05 bits per heavy atom. The van der Waals surface area contributed by atoms with Crippen LogP contribution in [0.15, 0.2) is 18.2 Å². The van der Waals surface area contributed by atoms with Gasteiger partial charge in [-0.2, -0.15) is 0 Å². The number of rotatable bonds is 5. The Hall–Kier alpha value is -2.15. The molecule has 7 heteroatoms. The minimum absolute atomic E-state index is 0.0582. The number of carbonyl (C=O) groups excluding carboxylic acids is 1. The van der Waals surface area contributed by atoms with E-state index in [9.17, 15) is 14.9 Å². The minimum Gasteiger partial charge on any atom is -0.398 e. The van der Waals surface area contributed by atoms with Crippen LogP contribution in [0.5, 0.6) is 0 Å². The highest BCUT2D eigenvalue weighted by molar-refractivity contribution is 5.74. The van der Waals surface area contributed by atoms with Gasteiger partial charge in [0, 0.05) is 30.8 Å². The van der Waals surface area contributed by atoms with E-state index >= 15 is 0 Å². The maximum atomic E-state index is 10.9. The summed E-state index contributed by atoms with van der Waals surface area (Å²) < 4.78 is 0. The number of anilines is 1. The molecule has 114 valence electrons. The first-order chi connectivity index (χ1) is 9.95. The van der Waals surface area contributed by atoms with Gasteiger partial charge in [-0.25, -0.2) is 0 Å². The first-order valence-corrected chi connectivity index (χ1v) is 6.99. The normalized spacial score (nSPS) is 16.8. The number of benzene rings is 1. The smallest absolute Gasteiger partial charge is 0.269 e. The number of non-ortho nitro benzene ring substituents is 1. The molecule has 0 saturated carbocycles. The standard InChI is InChI=1S/C14H20N4O3/c15-13-2-1-12(18(20)21)8-11(13)9-17-5-3-10(4-6-17)7-14(16)19/h1-2,8,10H,3-7,9,15H2,(H2,16,19). The van der Waals surface area contributed by atoms with Crippen LogP contribution in [0.4, 0.5) is 11.4 Å². The van der Waals surface area contributed by atoms with E-state index < -0.39 is 4.92 Å². The molecule has 0 atom stereocenters. The number of nitrogens with zero attached hydrogens (tertiary/aromatic N) is 2. The van der Waals surface area contributed by atoms with Crippen molar-refractivity contribution >= 4 is 17.3 Å². The molecule has 0 bridgehead atoms. The average Bonchev–Trinajstić information content (AvgIpc) is 2.42. The van der Waals surface area contributed by atoms with Crippen molar-refractivity contribution in [2.24, 2.45) is 11.7 Å². The van der Waals surface area contributed by atoms with E-state index in [0.29, 0.717) is 24.6 Å². The van der Waals surface area contributed by atoms with Gasteiger partial charge in [0.25, 0.3) is 5.69 Å². The number of nitrogens with two attached hydrogens (primary N) is 2. The number of likely N-dealkylation sites (tertiary alicyclic amines) is 1. The van der Waals surface area contributed by atoms with E-state index in [1.165, 1.54) is 12.1 Å². The van der Waals surface area contributed by atoms with Crippen molar-refractivity contribution in [2.75, 3.05) is 18.8 Å². The van der Waals surface area contributed by atoms with Gasteiger partial charge < -0.3 is 11.5 Å². The number of piperidine rings is 1. The monoisotopic (exact) mass is 292 g/mol. The van der Waals surface area contributed by atoms with Gasteiger partial charge in [-0.05, 0) is 43.5 Å². The van der Waals surface area contributed by atoms with E-state index in [1.54, 1.807) is 6.07 Å². The van der Waals surface area contributed by atoms with E-state index in [2.05, 4.69) is 4.90 Å².